The second kappa shape index (κ2) is 6.61. The number of ether oxygens (including phenoxy) is 1. The van der Waals surface area contributed by atoms with Gasteiger partial charge in [0.15, 0.2) is 5.78 Å². The number of anilines is 2. The Morgan fingerprint density at radius 3 is 2.48 bits per heavy atom. The van der Waals surface area contributed by atoms with Crippen molar-refractivity contribution in [2.45, 2.75) is 6.54 Å². The Morgan fingerprint density at radius 2 is 1.74 bits per heavy atom. The third kappa shape index (κ3) is 2.93. The lowest BCUT2D eigenvalue weighted by Crippen LogP contribution is -2.30. The monoisotopic (exact) mass is 358 g/mol. The van der Waals surface area contributed by atoms with E-state index in [0.29, 0.717) is 33.8 Å². The van der Waals surface area contributed by atoms with E-state index in [2.05, 4.69) is 0 Å². The van der Waals surface area contributed by atoms with Gasteiger partial charge in [0.1, 0.15) is 5.75 Å². The standard InChI is InChI=1S/C22H18N2O3/c1-27-17-10-11-18-15(12-17)13-24(20-5-3-2-4-19(20)21(18)25)22(26)14-6-8-16(23)9-7-14/h2-12H,13,23H2,1H3. The number of carbonyl (C=O) groups is 2. The first-order chi connectivity index (χ1) is 13.1. The summed E-state index contributed by atoms with van der Waals surface area (Å²) in [6.45, 7) is 0.276. The van der Waals surface area contributed by atoms with Gasteiger partial charge < -0.3 is 15.4 Å². The van der Waals surface area contributed by atoms with Crippen LogP contribution in [0, 0.1) is 0 Å². The number of hydrogen-bond acceptors (Lipinski definition) is 4. The molecular formula is C22H18N2O3. The Bertz CT molecular complexity index is 1040. The maximum absolute atomic E-state index is 13.2. The van der Waals surface area contributed by atoms with Crippen LogP contribution in [0.4, 0.5) is 11.4 Å². The van der Waals surface area contributed by atoms with Crippen molar-refractivity contribution in [3.8, 4) is 5.75 Å². The number of amides is 1. The lowest BCUT2D eigenvalue weighted by molar-refractivity contribution is 0.0985. The second-order valence-electron chi connectivity index (χ2n) is 6.38. The van der Waals surface area contributed by atoms with Crippen LogP contribution in [0.3, 0.4) is 0 Å². The molecule has 27 heavy (non-hydrogen) atoms. The molecule has 1 amide bonds. The Kier molecular flexibility index (Phi) is 4.12. The molecule has 4 rings (SSSR count). The average molecular weight is 358 g/mol. The van der Waals surface area contributed by atoms with E-state index in [4.69, 9.17) is 10.5 Å². The lowest BCUT2D eigenvalue weighted by Gasteiger charge is -2.23. The Hall–Kier alpha value is -3.60. The molecule has 0 radical (unpaired) electrons. The highest BCUT2D eigenvalue weighted by atomic mass is 16.5. The highest BCUT2D eigenvalue weighted by molar-refractivity contribution is 6.18. The summed E-state index contributed by atoms with van der Waals surface area (Å²) in [7, 11) is 1.58. The molecule has 1 aliphatic heterocycles. The van der Waals surface area contributed by atoms with Gasteiger partial charge in [0.05, 0.1) is 19.3 Å². The minimum atomic E-state index is -0.189. The quantitative estimate of drug-likeness (QED) is 0.710. The summed E-state index contributed by atoms with van der Waals surface area (Å²) in [5.41, 5.74) is 9.27. The van der Waals surface area contributed by atoms with Crippen molar-refractivity contribution in [1.29, 1.82) is 0 Å². The second-order valence-corrected chi connectivity index (χ2v) is 6.38. The zero-order valence-corrected chi connectivity index (χ0v) is 14.8. The summed E-state index contributed by atoms with van der Waals surface area (Å²) in [5, 5.41) is 0. The third-order valence-electron chi connectivity index (χ3n) is 4.73. The van der Waals surface area contributed by atoms with Crippen molar-refractivity contribution in [1.82, 2.24) is 0 Å². The van der Waals surface area contributed by atoms with E-state index in [1.807, 2.05) is 12.1 Å². The van der Waals surface area contributed by atoms with Crippen LogP contribution < -0.4 is 15.4 Å². The highest BCUT2D eigenvalue weighted by Crippen LogP contribution is 2.33. The number of nitrogens with two attached hydrogens (primary N) is 1. The molecular weight excluding hydrogens is 340 g/mol. The number of hydrogen-bond donors (Lipinski definition) is 1. The number of methoxy groups -OCH3 is 1. The summed E-state index contributed by atoms with van der Waals surface area (Å²) in [6, 6.07) is 19.3. The van der Waals surface area contributed by atoms with Gasteiger partial charge in [-0.2, -0.15) is 0 Å². The molecule has 1 aliphatic rings. The van der Waals surface area contributed by atoms with Crippen LogP contribution in [0.15, 0.2) is 66.7 Å². The predicted octanol–water partition coefficient (Wildman–Crippen LogP) is 3.67. The van der Waals surface area contributed by atoms with Crippen molar-refractivity contribution < 1.29 is 14.3 Å². The van der Waals surface area contributed by atoms with Gasteiger partial charge in [0.25, 0.3) is 5.91 Å². The van der Waals surface area contributed by atoms with Crippen LogP contribution in [0.5, 0.6) is 5.75 Å². The summed E-state index contributed by atoms with van der Waals surface area (Å²) >= 11 is 0. The maximum Gasteiger partial charge on any atom is 0.258 e. The number of rotatable bonds is 2. The molecule has 0 aromatic heterocycles. The minimum Gasteiger partial charge on any atom is -0.497 e. The number of ketones is 1. The number of nitrogen functional groups attached to an aromatic ring is 1. The number of carbonyl (C=O) groups excluding carboxylic acids is 2. The van der Waals surface area contributed by atoms with Gasteiger partial charge in [-0.3, -0.25) is 9.59 Å². The highest BCUT2D eigenvalue weighted by Gasteiger charge is 2.29. The molecule has 0 saturated carbocycles. The largest absolute Gasteiger partial charge is 0.497 e. The fourth-order valence-corrected chi connectivity index (χ4v) is 3.31. The van der Waals surface area contributed by atoms with Crippen molar-refractivity contribution >= 4 is 23.1 Å². The van der Waals surface area contributed by atoms with Gasteiger partial charge in [-0.15, -0.1) is 0 Å². The van der Waals surface area contributed by atoms with Crippen LogP contribution in [0.25, 0.3) is 0 Å². The predicted molar refractivity (Wildman–Crippen MR) is 104 cm³/mol. The maximum atomic E-state index is 13.2. The van der Waals surface area contributed by atoms with Crippen LogP contribution in [0.2, 0.25) is 0 Å². The van der Waals surface area contributed by atoms with Crippen molar-refractivity contribution in [2.24, 2.45) is 0 Å². The average Bonchev–Trinajstić information content (AvgIpc) is 2.83. The van der Waals surface area contributed by atoms with Crippen LogP contribution in [-0.2, 0) is 6.54 Å². The Labute approximate surface area is 157 Å². The van der Waals surface area contributed by atoms with E-state index < -0.39 is 0 Å². The van der Waals surface area contributed by atoms with Crippen LogP contribution in [-0.4, -0.2) is 18.8 Å². The van der Waals surface area contributed by atoms with Gasteiger partial charge >= 0.3 is 0 Å². The SMILES string of the molecule is COc1ccc2c(c1)CN(C(=O)c1ccc(N)cc1)c1ccccc1C2=O. The van der Waals surface area contributed by atoms with Gasteiger partial charge in [-0.1, -0.05) is 12.1 Å². The molecule has 1 heterocycles. The fraction of sp³-hybridized carbons (Fsp3) is 0.0909. The summed E-state index contributed by atoms with van der Waals surface area (Å²) in [5.74, 6) is 0.356. The molecule has 2 N–H and O–H groups in total. The first-order valence-electron chi connectivity index (χ1n) is 8.56. The van der Waals surface area contributed by atoms with Crippen molar-refractivity contribution in [3.05, 3.63) is 89.0 Å². The molecule has 3 aromatic carbocycles. The van der Waals surface area contributed by atoms with E-state index in [1.54, 1.807) is 66.6 Å². The van der Waals surface area contributed by atoms with E-state index in [0.717, 1.165) is 5.56 Å². The molecule has 134 valence electrons. The molecule has 3 aromatic rings. The number of para-hydroxylation sites is 1. The molecule has 0 atom stereocenters. The van der Waals surface area contributed by atoms with E-state index in [9.17, 15) is 9.59 Å². The van der Waals surface area contributed by atoms with E-state index in [-0.39, 0.29) is 18.2 Å². The van der Waals surface area contributed by atoms with Crippen LogP contribution in [0.1, 0.15) is 31.8 Å². The summed E-state index contributed by atoms with van der Waals surface area (Å²) in [6.07, 6.45) is 0. The molecule has 5 nitrogen and oxygen atoms in total. The molecule has 0 saturated heterocycles. The Morgan fingerprint density at radius 1 is 1.00 bits per heavy atom. The van der Waals surface area contributed by atoms with E-state index >= 15 is 0 Å². The van der Waals surface area contributed by atoms with Gasteiger partial charge in [-0.25, -0.2) is 0 Å². The topological polar surface area (TPSA) is 72.6 Å². The molecule has 0 fully saturated rings. The first kappa shape index (κ1) is 16.8. The number of nitrogens with zero attached hydrogens (tertiary/aromatic N) is 1. The number of benzene rings is 3. The minimum absolute atomic E-state index is 0.101. The summed E-state index contributed by atoms with van der Waals surface area (Å²) in [4.78, 5) is 28.0. The van der Waals surface area contributed by atoms with Gasteiger partial charge in [0, 0.05) is 22.4 Å². The Balaban J connectivity index is 1.87. The first-order valence-corrected chi connectivity index (χ1v) is 8.56. The molecule has 0 aliphatic carbocycles. The molecule has 0 unspecified atom stereocenters. The molecule has 0 bridgehead atoms. The third-order valence-corrected chi connectivity index (χ3v) is 4.73. The fourth-order valence-electron chi connectivity index (χ4n) is 3.31. The van der Waals surface area contributed by atoms with Crippen LogP contribution >= 0.6 is 0 Å². The number of fused-ring (bicyclic) bond motifs is 2. The van der Waals surface area contributed by atoms with E-state index in [1.165, 1.54) is 0 Å². The molecule has 0 spiro atoms. The van der Waals surface area contributed by atoms with Crippen molar-refractivity contribution in [2.75, 3.05) is 17.7 Å². The van der Waals surface area contributed by atoms with Crippen molar-refractivity contribution in [3.63, 3.8) is 0 Å². The lowest BCUT2D eigenvalue weighted by atomic mass is 9.99. The van der Waals surface area contributed by atoms with Gasteiger partial charge in [-0.05, 0) is 60.2 Å². The smallest absolute Gasteiger partial charge is 0.258 e. The summed E-state index contributed by atoms with van der Waals surface area (Å²) < 4.78 is 5.30. The zero-order valence-electron chi connectivity index (χ0n) is 14.8. The normalized spacial score (nSPS) is 12.8. The van der Waals surface area contributed by atoms with Gasteiger partial charge in [0.2, 0.25) is 0 Å². The molecule has 5 heteroatoms. The zero-order chi connectivity index (χ0) is 19.0.